The summed E-state index contributed by atoms with van der Waals surface area (Å²) in [5.41, 5.74) is 1.57. The molecule has 4 aromatic rings. The van der Waals surface area contributed by atoms with Crippen molar-refractivity contribution in [2.24, 2.45) is 0 Å². The standard InChI is InChI=1S/C35H37Cl2N3O5S/c1-4-25(2)38-35(42)32(22-26-13-7-5-8-14-26)39(23-27-15-11-16-28(21-27)45-3)33(41)24-40(31-20-12-19-30(36)34(31)37)46(43,44)29-17-9-6-10-18-29/h5-21,25,32H,4,22-24H2,1-3H3,(H,38,42)/t25-,32+/m0/s1. The van der Waals surface area contributed by atoms with Crippen LogP contribution < -0.4 is 14.4 Å². The molecule has 0 bridgehead atoms. The minimum absolute atomic E-state index is 0.00393. The number of carbonyl (C=O) groups excluding carboxylic acids is 2. The predicted octanol–water partition coefficient (Wildman–Crippen LogP) is 6.75. The molecule has 4 rings (SSSR count). The molecule has 11 heteroatoms. The Morgan fingerprint density at radius 2 is 1.50 bits per heavy atom. The Labute approximate surface area is 280 Å². The summed E-state index contributed by atoms with van der Waals surface area (Å²) >= 11 is 12.9. The molecule has 8 nitrogen and oxygen atoms in total. The molecule has 0 radical (unpaired) electrons. The Morgan fingerprint density at radius 1 is 0.870 bits per heavy atom. The lowest BCUT2D eigenvalue weighted by Crippen LogP contribution is -2.54. The van der Waals surface area contributed by atoms with E-state index in [-0.39, 0.29) is 45.5 Å². The summed E-state index contributed by atoms with van der Waals surface area (Å²) in [5, 5.41) is 3.13. The first kappa shape index (κ1) is 34.8. The SMILES string of the molecule is CC[C@H](C)NC(=O)[C@@H](Cc1ccccc1)N(Cc1cccc(OC)c1)C(=O)CN(c1cccc(Cl)c1Cl)S(=O)(=O)c1ccccc1. The zero-order valence-corrected chi connectivity index (χ0v) is 28.2. The number of benzene rings is 4. The van der Waals surface area contributed by atoms with Crippen LogP contribution in [0.3, 0.4) is 0 Å². The maximum Gasteiger partial charge on any atom is 0.264 e. The predicted molar refractivity (Wildman–Crippen MR) is 183 cm³/mol. The van der Waals surface area contributed by atoms with Gasteiger partial charge < -0.3 is 15.0 Å². The van der Waals surface area contributed by atoms with E-state index in [1.165, 1.54) is 29.2 Å². The first-order chi connectivity index (χ1) is 22.0. The fourth-order valence-corrected chi connectivity index (χ4v) is 6.78. The van der Waals surface area contributed by atoms with Crippen molar-refractivity contribution >= 4 is 50.7 Å². The largest absolute Gasteiger partial charge is 0.497 e. The highest BCUT2D eigenvalue weighted by molar-refractivity contribution is 7.92. The number of nitrogens with zero attached hydrogens (tertiary/aromatic N) is 2. The zero-order valence-electron chi connectivity index (χ0n) is 25.9. The molecule has 2 amide bonds. The number of halogens is 2. The maximum atomic E-state index is 14.6. The number of hydrogen-bond donors (Lipinski definition) is 1. The van der Waals surface area contributed by atoms with Crippen LogP contribution in [0, 0.1) is 0 Å². The van der Waals surface area contributed by atoms with Gasteiger partial charge in [-0.3, -0.25) is 13.9 Å². The van der Waals surface area contributed by atoms with Gasteiger partial charge in [0.05, 0.1) is 27.7 Å². The van der Waals surface area contributed by atoms with E-state index in [1.54, 1.807) is 49.6 Å². The van der Waals surface area contributed by atoms with Crippen LogP contribution in [0.4, 0.5) is 5.69 Å². The van der Waals surface area contributed by atoms with E-state index >= 15 is 0 Å². The maximum absolute atomic E-state index is 14.6. The van der Waals surface area contributed by atoms with Crippen LogP contribution in [0.2, 0.25) is 10.0 Å². The van der Waals surface area contributed by atoms with E-state index in [1.807, 2.05) is 50.2 Å². The van der Waals surface area contributed by atoms with Crippen LogP contribution in [0.5, 0.6) is 5.75 Å². The number of ether oxygens (including phenoxy) is 1. The van der Waals surface area contributed by atoms with Gasteiger partial charge >= 0.3 is 0 Å². The third kappa shape index (κ3) is 8.60. The number of carbonyl (C=O) groups is 2. The highest BCUT2D eigenvalue weighted by Crippen LogP contribution is 2.35. The number of amides is 2. The van der Waals surface area contributed by atoms with Crippen molar-refractivity contribution in [1.82, 2.24) is 10.2 Å². The average Bonchev–Trinajstić information content (AvgIpc) is 3.07. The summed E-state index contributed by atoms with van der Waals surface area (Å²) in [4.78, 5) is 29.9. The molecule has 2 atom stereocenters. The van der Waals surface area contributed by atoms with Gasteiger partial charge in [-0.1, -0.05) is 96.9 Å². The number of methoxy groups -OCH3 is 1. The Hall–Kier alpha value is -4.05. The molecule has 0 aliphatic rings. The molecule has 0 saturated carbocycles. The molecule has 46 heavy (non-hydrogen) atoms. The molecule has 1 N–H and O–H groups in total. The van der Waals surface area contributed by atoms with Crippen molar-refractivity contribution in [3.05, 3.63) is 124 Å². The fraction of sp³-hybridized carbons (Fsp3) is 0.257. The Bertz CT molecular complexity index is 1740. The molecule has 242 valence electrons. The van der Waals surface area contributed by atoms with Gasteiger partial charge in [-0.2, -0.15) is 0 Å². The summed E-state index contributed by atoms with van der Waals surface area (Å²) in [6, 6.07) is 27.8. The number of hydrogen-bond acceptors (Lipinski definition) is 5. The molecule has 0 aliphatic carbocycles. The molecule has 0 saturated heterocycles. The van der Waals surface area contributed by atoms with Crippen LogP contribution in [0.25, 0.3) is 0 Å². The second kappa shape index (κ2) is 16.0. The second-order valence-electron chi connectivity index (χ2n) is 10.8. The summed E-state index contributed by atoms with van der Waals surface area (Å²) in [6.45, 7) is 3.20. The zero-order chi connectivity index (χ0) is 33.3. The summed E-state index contributed by atoms with van der Waals surface area (Å²) in [6.07, 6.45) is 0.881. The number of anilines is 1. The molecule has 4 aromatic carbocycles. The molecule has 0 fully saturated rings. The van der Waals surface area contributed by atoms with Crippen LogP contribution in [0.1, 0.15) is 31.4 Å². The Kier molecular flexibility index (Phi) is 12.1. The van der Waals surface area contributed by atoms with Crippen molar-refractivity contribution < 1.29 is 22.7 Å². The summed E-state index contributed by atoms with van der Waals surface area (Å²) in [7, 11) is -2.77. The van der Waals surface area contributed by atoms with E-state index in [9.17, 15) is 18.0 Å². The molecular weight excluding hydrogens is 645 g/mol. The molecule has 0 unspecified atom stereocenters. The number of rotatable bonds is 14. The van der Waals surface area contributed by atoms with Gasteiger partial charge in [0.1, 0.15) is 18.3 Å². The van der Waals surface area contributed by atoms with E-state index in [4.69, 9.17) is 27.9 Å². The van der Waals surface area contributed by atoms with Gasteiger partial charge in [0.2, 0.25) is 11.8 Å². The molecule has 0 aliphatic heterocycles. The quantitative estimate of drug-likeness (QED) is 0.159. The van der Waals surface area contributed by atoms with Gasteiger partial charge in [0.25, 0.3) is 10.0 Å². The van der Waals surface area contributed by atoms with Crippen LogP contribution >= 0.6 is 23.2 Å². The Balaban J connectivity index is 1.84. The minimum atomic E-state index is -4.31. The molecule has 0 spiro atoms. The van der Waals surface area contributed by atoms with E-state index < -0.39 is 28.5 Å². The van der Waals surface area contributed by atoms with Crippen molar-refractivity contribution in [3.63, 3.8) is 0 Å². The van der Waals surface area contributed by atoms with Gasteiger partial charge in [0.15, 0.2) is 0 Å². The third-order valence-electron chi connectivity index (χ3n) is 7.57. The van der Waals surface area contributed by atoms with E-state index in [0.29, 0.717) is 17.7 Å². The molecule has 0 heterocycles. The lowest BCUT2D eigenvalue weighted by Gasteiger charge is -2.34. The molecule has 0 aromatic heterocycles. The van der Waals surface area contributed by atoms with Gasteiger partial charge in [0, 0.05) is 19.0 Å². The minimum Gasteiger partial charge on any atom is -0.497 e. The lowest BCUT2D eigenvalue weighted by atomic mass is 10.0. The van der Waals surface area contributed by atoms with Gasteiger partial charge in [-0.15, -0.1) is 0 Å². The van der Waals surface area contributed by atoms with Crippen LogP contribution in [-0.4, -0.2) is 50.9 Å². The fourth-order valence-electron chi connectivity index (χ4n) is 4.88. The lowest BCUT2D eigenvalue weighted by molar-refractivity contribution is -0.140. The van der Waals surface area contributed by atoms with Crippen molar-refractivity contribution in [2.45, 2.75) is 50.2 Å². The monoisotopic (exact) mass is 681 g/mol. The summed E-state index contributed by atoms with van der Waals surface area (Å²) < 4.78 is 34.6. The van der Waals surface area contributed by atoms with Crippen molar-refractivity contribution in [2.75, 3.05) is 18.0 Å². The van der Waals surface area contributed by atoms with E-state index in [0.717, 1.165) is 9.87 Å². The van der Waals surface area contributed by atoms with Gasteiger partial charge in [-0.25, -0.2) is 8.42 Å². The van der Waals surface area contributed by atoms with Crippen LogP contribution in [-0.2, 0) is 32.6 Å². The van der Waals surface area contributed by atoms with E-state index in [2.05, 4.69) is 5.32 Å². The molecular formula is C35H37Cl2N3O5S. The average molecular weight is 683 g/mol. The van der Waals surface area contributed by atoms with Gasteiger partial charge in [-0.05, 0) is 60.9 Å². The Morgan fingerprint density at radius 3 is 2.15 bits per heavy atom. The topological polar surface area (TPSA) is 96.0 Å². The summed E-state index contributed by atoms with van der Waals surface area (Å²) in [5.74, 6) is -0.390. The van der Waals surface area contributed by atoms with Crippen molar-refractivity contribution in [3.8, 4) is 5.75 Å². The van der Waals surface area contributed by atoms with Crippen LogP contribution in [0.15, 0.2) is 108 Å². The first-order valence-corrected chi connectivity index (χ1v) is 17.0. The second-order valence-corrected chi connectivity index (χ2v) is 13.4. The smallest absolute Gasteiger partial charge is 0.264 e. The highest BCUT2D eigenvalue weighted by atomic mass is 35.5. The number of sulfonamides is 1. The third-order valence-corrected chi connectivity index (χ3v) is 10.2. The van der Waals surface area contributed by atoms with Crippen molar-refractivity contribution in [1.29, 1.82) is 0 Å². The highest BCUT2D eigenvalue weighted by Gasteiger charge is 2.35. The normalized spacial score (nSPS) is 12.5. The first-order valence-electron chi connectivity index (χ1n) is 14.8. The number of nitrogens with one attached hydrogen (secondary N) is 1.